The normalized spacial score (nSPS) is 14.2. The number of hydrogen-bond acceptors (Lipinski definition) is 7. The zero-order chi connectivity index (χ0) is 21.2. The first-order valence-electron chi connectivity index (χ1n) is 9.85. The molecule has 0 radical (unpaired) electrons. The van der Waals surface area contributed by atoms with E-state index in [1.165, 1.54) is 12.1 Å². The van der Waals surface area contributed by atoms with Crippen molar-refractivity contribution in [1.29, 1.82) is 0 Å². The number of carbonyl (C=O) groups is 1. The molecule has 5 rings (SSSR count). The first-order valence-corrected chi connectivity index (χ1v) is 9.85. The fourth-order valence-corrected chi connectivity index (χ4v) is 3.48. The lowest BCUT2D eigenvalue weighted by atomic mass is 10.3. The molecule has 0 N–H and O–H groups in total. The van der Waals surface area contributed by atoms with Crippen molar-refractivity contribution in [3.8, 4) is 17.3 Å². The maximum atomic E-state index is 13.6. The molecule has 0 aliphatic carbocycles. The van der Waals surface area contributed by atoms with Gasteiger partial charge in [-0.2, -0.15) is 4.52 Å². The van der Waals surface area contributed by atoms with E-state index in [0.717, 1.165) is 5.82 Å². The van der Waals surface area contributed by atoms with E-state index in [1.807, 2.05) is 12.1 Å². The molecule has 1 saturated heterocycles. The lowest BCUT2D eigenvalue weighted by Crippen LogP contribution is -2.50. The highest BCUT2D eigenvalue weighted by Gasteiger charge is 2.23. The lowest BCUT2D eigenvalue weighted by Gasteiger charge is -2.35. The summed E-state index contributed by atoms with van der Waals surface area (Å²) in [4.78, 5) is 16.3. The molecule has 0 bridgehead atoms. The van der Waals surface area contributed by atoms with Crippen molar-refractivity contribution in [3.05, 3.63) is 60.6 Å². The van der Waals surface area contributed by atoms with Crippen molar-refractivity contribution in [2.24, 2.45) is 0 Å². The van der Waals surface area contributed by atoms with Crippen LogP contribution in [0, 0.1) is 5.82 Å². The second kappa shape index (κ2) is 8.05. The van der Waals surface area contributed by atoms with Gasteiger partial charge in [-0.1, -0.05) is 12.1 Å². The zero-order valence-corrected chi connectivity index (χ0v) is 16.5. The largest absolute Gasteiger partial charge is 0.481 e. The van der Waals surface area contributed by atoms with Crippen molar-refractivity contribution in [3.63, 3.8) is 0 Å². The van der Waals surface area contributed by atoms with Gasteiger partial charge in [0.15, 0.2) is 29.6 Å². The van der Waals surface area contributed by atoms with E-state index in [2.05, 4.69) is 20.2 Å². The summed E-state index contributed by atoms with van der Waals surface area (Å²) in [5.41, 5.74) is 0.620. The first kappa shape index (κ1) is 19.0. The van der Waals surface area contributed by atoms with E-state index < -0.39 is 5.82 Å². The van der Waals surface area contributed by atoms with Gasteiger partial charge in [0.25, 0.3) is 5.91 Å². The molecule has 0 saturated carbocycles. The number of anilines is 1. The topological polar surface area (TPSA) is 89.0 Å². The molecule has 10 heteroatoms. The molecule has 0 unspecified atom stereocenters. The molecule has 1 fully saturated rings. The number of para-hydroxylation sites is 1. The van der Waals surface area contributed by atoms with Gasteiger partial charge in [-0.25, -0.2) is 4.39 Å². The molecular formula is C21H19FN6O3. The summed E-state index contributed by atoms with van der Waals surface area (Å²) in [7, 11) is 0. The number of fused-ring (bicyclic) bond motifs is 1. The third kappa shape index (κ3) is 3.79. The van der Waals surface area contributed by atoms with Crippen LogP contribution in [-0.4, -0.2) is 63.4 Å². The van der Waals surface area contributed by atoms with Crippen molar-refractivity contribution in [2.45, 2.75) is 0 Å². The van der Waals surface area contributed by atoms with Crippen LogP contribution in [-0.2, 0) is 4.79 Å². The molecule has 3 aromatic heterocycles. The number of nitrogens with zero attached hydrogens (tertiary/aromatic N) is 6. The second-order valence-electron chi connectivity index (χ2n) is 7.05. The van der Waals surface area contributed by atoms with Crippen LogP contribution in [0.2, 0.25) is 0 Å². The summed E-state index contributed by atoms with van der Waals surface area (Å²) < 4.78 is 26.0. The quantitative estimate of drug-likeness (QED) is 0.487. The Hall–Kier alpha value is -3.95. The lowest BCUT2D eigenvalue weighted by molar-refractivity contribution is -0.133. The number of furan rings is 1. The minimum atomic E-state index is -0.482. The van der Waals surface area contributed by atoms with Crippen LogP contribution in [0.25, 0.3) is 17.2 Å². The second-order valence-corrected chi connectivity index (χ2v) is 7.05. The minimum absolute atomic E-state index is 0.0771. The number of benzene rings is 1. The summed E-state index contributed by atoms with van der Waals surface area (Å²) in [6.07, 6.45) is 1.58. The fourth-order valence-electron chi connectivity index (χ4n) is 3.48. The Labute approximate surface area is 176 Å². The van der Waals surface area contributed by atoms with E-state index in [0.29, 0.717) is 43.4 Å². The number of aromatic nitrogens is 4. The Balaban J connectivity index is 1.23. The average Bonchev–Trinajstić information content (AvgIpc) is 3.48. The molecule has 31 heavy (non-hydrogen) atoms. The summed E-state index contributed by atoms with van der Waals surface area (Å²) in [5.74, 6) is 1.29. The van der Waals surface area contributed by atoms with Crippen molar-refractivity contribution in [1.82, 2.24) is 24.7 Å². The highest BCUT2D eigenvalue weighted by molar-refractivity contribution is 5.78. The van der Waals surface area contributed by atoms with Crippen LogP contribution in [0.4, 0.5) is 10.2 Å². The van der Waals surface area contributed by atoms with Crippen LogP contribution >= 0.6 is 0 Å². The number of carbonyl (C=O) groups excluding carboxylic acids is 1. The van der Waals surface area contributed by atoms with E-state index in [1.54, 1.807) is 39.9 Å². The predicted octanol–water partition coefficient (Wildman–Crippen LogP) is 2.25. The monoisotopic (exact) mass is 422 g/mol. The van der Waals surface area contributed by atoms with Gasteiger partial charge >= 0.3 is 0 Å². The summed E-state index contributed by atoms with van der Waals surface area (Å²) >= 11 is 0. The fraction of sp³-hybridized carbons (Fsp3) is 0.238. The maximum absolute atomic E-state index is 13.6. The summed E-state index contributed by atoms with van der Waals surface area (Å²) in [6, 6.07) is 13.4. The molecule has 4 aromatic rings. The van der Waals surface area contributed by atoms with Crippen molar-refractivity contribution in [2.75, 3.05) is 37.7 Å². The van der Waals surface area contributed by atoms with E-state index in [9.17, 15) is 9.18 Å². The van der Waals surface area contributed by atoms with Gasteiger partial charge < -0.3 is 19.0 Å². The van der Waals surface area contributed by atoms with Crippen LogP contribution in [0.3, 0.4) is 0 Å². The van der Waals surface area contributed by atoms with Crippen molar-refractivity contribution < 1.29 is 18.3 Å². The summed E-state index contributed by atoms with van der Waals surface area (Å²) in [6.45, 7) is 2.07. The molecule has 0 atom stereocenters. The van der Waals surface area contributed by atoms with E-state index >= 15 is 0 Å². The highest BCUT2D eigenvalue weighted by Crippen LogP contribution is 2.21. The number of piperazine rings is 1. The Kier molecular flexibility index (Phi) is 4.95. The summed E-state index contributed by atoms with van der Waals surface area (Å²) in [5, 5.41) is 12.9. The highest BCUT2D eigenvalue weighted by atomic mass is 19.1. The zero-order valence-electron chi connectivity index (χ0n) is 16.5. The molecule has 1 aliphatic heterocycles. The number of hydrogen-bond donors (Lipinski definition) is 0. The van der Waals surface area contributed by atoms with Gasteiger partial charge in [0.2, 0.25) is 5.82 Å². The first-order chi connectivity index (χ1) is 15.2. The Morgan fingerprint density at radius 1 is 1.03 bits per heavy atom. The number of rotatable bonds is 5. The minimum Gasteiger partial charge on any atom is -0.481 e. The molecular weight excluding hydrogens is 403 g/mol. The van der Waals surface area contributed by atoms with Crippen LogP contribution in [0.15, 0.2) is 59.2 Å². The van der Waals surface area contributed by atoms with Gasteiger partial charge in [0.05, 0.1) is 6.26 Å². The molecule has 1 aliphatic rings. The molecule has 9 nitrogen and oxygen atoms in total. The molecule has 0 spiro atoms. The maximum Gasteiger partial charge on any atom is 0.260 e. The Morgan fingerprint density at radius 3 is 2.65 bits per heavy atom. The SMILES string of the molecule is O=C(COc1ccccc1F)N1CCN(c2ccc3nnc(-c4ccco4)n3n2)CC1. The van der Waals surface area contributed by atoms with Crippen LogP contribution in [0.1, 0.15) is 0 Å². The van der Waals surface area contributed by atoms with Crippen molar-refractivity contribution >= 4 is 17.4 Å². The van der Waals surface area contributed by atoms with Gasteiger partial charge in [0.1, 0.15) is 5.82 Å². The number of amides is 1. The van der Waals surface area contributed by atoms with Gasteiger partial charge in [0, 0.05) is 26.2 Å². The van der Waals surface area contributed by atoms with Gasteiger partial charge in [-0.15, -0.1) is 15.3 Å². The number of ether oxygens (including phenoxy) is 1. The van der Waals surface area contributed by atoms with Gasteiger partial charge in [-0.05, 0) is 36.4 Å². The van der Waals surface area contributed by atoms with E-state index in [-0.39, 0.29) is 18.3 Å². The third-order valence-corrected chi connectivity index (χ3v) is 5.13. The van der Waals surface area contributed by atoms with Gasteiger partial charge in [-0.3, -0.25) is 4.79 Å². The van der Waals surface area contributed by atoms with E-state index in [4.69, 9.17) is 9.15 Å². The standard InChI is InChI=1S/C21H19FN6O3/c22-15-4-1-2-5-16(15)31-14-20(29)27-11-9-26(10-12-27)19-8-7-18-23-24-21(28(18)25-19)17-6-3-13-30-17/h1-8,13H,9-12,14H2. The molecule has 158 valence electrons. The third-order valence-electron chi connectivity index (χ3n) is 5.13. The Bertz CT molecular complexity index is 1200. The predicted molar refractivity (Wildman–Crippen MR) is 109 cm³/mol. The molecule has 4 heterocycles. The molecule has 1 amide bonds. The number of halogens is 1. The smallest absolute Gasteiger partial charge is 0.260 e. The average molecular weight is 422 g/mol. The molecule has 1 aromatic carbocycles. The van der Waals surface area contributed by atoms with Crippen LogP contribution < -0.4 is 9.64 Å². The Morgan fingerprint density at radius 2 is 1.87 bits per heavy atom. The van der Waals surface area contributed by atoms with Crippen LogP contribution in [0.5, 0.6) is 5.75 Å².